The van der Waals surface area contributed by atoms with E-state index in [1.54, 1.807) is 11.2 Å². The van der Waals surface area contributed by atoms with Gasteiger partial charge in [-0.2, -0.15) is 5.26 Å². The number of piperidine rings is 1. The van der Waals surface area contributed by atoms with Crippen LogP contribution in [0.3, 0.4) is 0 Å². The van der Waals surface area contributed by atoms with Gasteiger partial charge in [0.05, 0.1) is 28.8 Å². The zero-order valence-electron chi connectivity index (χ0n) is 18.2. The number of imidazole rings is 1. The van der Waals surface area contributed by atoms with Gasteiger partial charge < -0.3 is 14.2 Å². The summed E-state index contributed by atoms with van der Waals surface area (Å²) in [6.45, 7) is 5.88. The van der Waals surface area contributed by atoms with Crippen molar-refractivity contribution >= 4 is 78.2 Å². The van der Waals surface area contributed by atoms with E-state index >= 15 is 0 Å². The lowest BCUT2D eigenvalue weighted by molar-refractivity contribution is 0.00618. The Labute approximate surface area is 217 Å². The zero-order chi connectivity index (χ0) is 24.1. The van der Waals surface area contributed by atoms with E-state index in [1.165, 1.54) is 0 Å². The second-order valence-corrected chi connectivity index (χ2v) is 11.3. The average molecular weight is 649 g/mol. The van der Waals surface area contributed by atoms with Crippen molar-refractivity contribution in [3.8, 4) is 6.07 Å². The van der Waals surface area contributed by atoms with Crippen LogP contribution in [0.15, 0.2) is 16.9 Å². The highest BCUT2D eigenvalue weighted by atomic mass is 127. The number of hydrogen-bond donors (Lipinski definition) is 0. The number of ether oxygens (including phenoxy) is 1. The summed E-state index contributed by atoms with van der Waals surface area (Å²) in [6.07, 6.45) is 2.61. The van der Waals surface area contributed by atoms with Gasteiger partial charge >= 0.3 is 6.09 Å². The number of aromatic nitrogens is 3. The van der Waals surface area contributed by atoms with Crippen molar-refractivity contribution in [2.45, 2.75) is 57.7 Å². The number of carbonyl (C=O) groups is 1. The molecule has 0 bridgehead atoms. The Morgan fingerprint density at radius 2 is 2.18 bits per heavy atom. The molecule has 0 spiro atoms. The van der Waals surface area contributed by atoms with Crippen LogP contribution in [0.25, 0.3) is 21.9 Å². The van der Waals surface area contributed by atoms with E-state index in [2.05, 4.69) is 54.6 Å². The van der Waals surface area contributed by atoms with Crippen molar-refractivity contribution < 1.29 is 13.9 Å². The molecule has 0 aliphatic carbocycles. The smallest absolute Gasteiger partial charge is 0.410 e. The lowest BCUT2D eigenvalue weighted by Gasteiger charge is -2.39. The monoisotopic (exact) mass is 647 g/mol. The van der Waals surface area contributed by atoms with Gasteiger partial charge in [-0.3, -0.25) is 0 Å². The van der Waals surface area contributed by atoms with E-state index in [0.717, 1.165) is 0 Å². The van der Waals surface area contributed by atoms with Crippen LogP contribution >= 0.6 is 50.1 Å². The Balaban J connectivity index is 1.76. The predicted molar refractivity (Wildman–Crippen MR) is 136 cm³/mol. The molecule has 1 aliphatic rings. The largest absolute Gasteiger partial charge is 0.444 e. The number of nitriles is 1. The van der Waals surface area contributed by atoms with E-state index in [-0.39, 0.29) is 29.2 Å². The molecule has 0 unspecified atom stereocenters. The first-order valence-corrected chi connectivity index (χ1v) is 12.6. The molecule has 11 heteroatoms. The van der Waals surface area contributed by atoms with Crippen molar-refractivity contribution in [2.75, 3.05) is 6.54 Å². The molecule has 2 aromatic heterocycles. The number of hydrogen-bond acceptors (Lipinski definition) is 5. The Bertz CT molecular complexity index is 1300. The number of amides is 1. The van der Waals surface area contributed by atoms with Gasteiger partial charge in [-0.15, -0.1) is 0 Å². The number of pyridine rings is 1. The maximum Gasteiger partial charge on any atom is 0.410 e. The van der Waals surface area contributed by atoms with Gasteiger partial charge in [0.15, 0.2) is 11.0 Å². The normalized spacial score (nSPS) is 19.2. The molecular weight excluding hydrogens is 628 g/mol. The van der Waals surface area contributed by atoms with Crippen LogP contribution in [-0.4, -0.2) is 43.7 Å². The molecule has 3 aromatic rings. The third-order valence-electron chi connectivity index (χ3n) is 5.63. The highest BCUT2D eigenvalue weighted by Gasteiger charge is 2.35. The van der Waals surface area contributed by atoms with Crippen LogP contribution in [0.5, 0.6) is 0 Å². The fourth-order valence-corrected chi connectivity index (χ4v) is 5.30. The van der Waals surface area contributed by atoms with Crippen LogP contribution in [0, 0.1) is 20.7 Å². The lowest BCUT2D eigenvalue weighted by atomic mass is 9.95. The molecule has 1 amide bonds. The molecular formula is C22H21BrClFIN5O2. The molecule has 7 nitrogen and oxygen atoms in total. The second-order valence-electron chi connectivity index (χ2n) is 9.00. The van der Waals surface area contributed by atoms with E-state index in [4.69, 9.17) is 16.3 Å². The van der Waals surface area contributed by atoms with E-state index < -0.39 is 17.5 Å². The van der Waals surface area contributed by atoms with Crippen LogP contribution < -0.4 is 0 Å². The number of rotatable bonds is 2. The maximum absolute atomic E-state index is 15.0. The van der Waals surface area contributed by atoms with Gasteiger partial charge in [-0.05, 0) is 78.2 Å². The number of likely N-dealkylation sites (tertiary alicyclic amines) is 1. The van der Waals surface area contributed by atoms with Crippen molar-refractivity contribution in [3.63, 3.8) is 0 Å². The summed E-state index contributed by atoms with van der Waals surface area (Å²) < 4.78 is 23.6. The minimum atomic E-state index is -0.621. The van der Waals surface area contributed by atoms with Crippen LogP contribution in [0.2, 0.25) is 5.15 Å². The molecule has 3 heterocycles. The quantitative estimate of drug-likeness (QED) is 0.178. The number of fused-ring (bicyclic) bond motifs is 3. The Morgan fingerprint density at radius 1 is 1.45 bits per heavy atom. The van der Waals surface area contributed by atoms with Crippen molar-refractivity contribution in [3.05, 3.63) is 31.4 Å². The number of nitrogens with zero attached hydrogens (tertiary/aromatic N) is 5. The van der Waals surface area contributed by atoms with Gasteiger partial charge in [0.2, 0.25) is 0 Å². The third kappa shape index (κ3) is 4.64. The van der Waals surface area contributed by atoms with Crippen molar-refractivity contribution in [1.82, 2.24) is 19.4 Å². The number of halogens is 4. The molecule has 1 aliphatic heterocycles. The molecule has 1 fully saturated rings. The van der Waals surface area contributed by atoms with Gasteiger partial charge in [0, 0.05) is 27.6 Å². The fourth-order valence-electron chi connectivity index (χ4n) is 4.22. The molecule has 4 rings (SSSR count). The summed E-state index contributed by atoms with van der Waals surface area (Å²) >= 11 is 11.7. The number of benzene rings is 1. The molecule has 2 atom stereocenters. The first-order chi connectivity index (χ1) is 15.5. The lowest BCUT2D eigenvalue weighted by Crippen LogP contribution is -2.48. The minimum Gasteiger partial charge on any atom is -0.444 e. The van der Waals surface area contributed by atoms with Gasteiger partial charge in [0.1, 0.15) is 16.6 Å². The van der Waals surface area contributed by atoms with Gasteiger partial charge in [-0.25, -0.2) is 19.2 Å². The highest BCUT2D eigenvalue weighted by Crippen LogP contribution is 2.38. The molecule has 1 aromatic carbocycles. The molecule has 33 heavy (non-hydrogen) atoms. The molecule has 1 saturated heterocycles. The summed E-state index contributed by atoms with van der Waals surface area (Å²) in [5.41, 5.74) is 0.735. The molecule has 0 N–H and O–H groups in total. The summed E-state index contributed by atoms with van der Waals surface area (Å²) in [4.78, 5) is 23.1. The second kappa shape index (κ2) is 9.15. The van der Waals surface area contributed by atoms with Crippen LogP contribution in [-0.2, 0) is 4.74 Å². The minimum absolute atomic E-state index is 0.0573. The fraction of sp³-hybridized carbons (Fsp3) is 0.455. The third-order valence-corrected chi connectivity index (χ3v) is 8.26. The van der Waals surface area contributed by atoms with Crippen LogP contribution in [0.4, 0.5) is 9.18 Å². The predicted octanol–water partition coefficient (Wildman–Crippen LogP) is 6.60. The summed E-state index contributed by atoms with van der Waals surface area (Å²) in [7, 11) is 0. The average Bonchev–Trinajstić information content (AvgIpc) is 3.18. The van der Waals surface area contributed by atoms with Crippen molar-refractivity contribution in [1.29, 1.82) is 5.26 Å². The SMILES string of the molecule is CC(C)(C)OC(=O)N1CC[C@H](n2cnc3c(Cl)nc4c(F)c(Br)c(I)cc4c32)C[C@H]1CC#N. The summed E-state index contributed by atoms with van der Waals surface area (Å²) in [6, 6.07) is 3.68. The molecule has 0 radical (unpaired) electrons. The first kappa shape index (κ1) is 24.4. The van der Waals surface area contributed by atoms with E-state index in [9.17, 15) is 14.4 Å². The summed E-state index contributed by atoms with van der Waals surface area (Å²) in [5, 5.41) is 10.1. The van der Waals surface area contributed by atoms with E-state index in [0.29, 0.717) is 43.8 Å². The number of carbonyl (C=O) groups excluding carboxylic acids is 1. The Kier molecular flexibility index (Phi) is 6.77. The molecule has 174 valence electrons. The van der Waals surface area contributed by atoms with Crippen molar-refractivity contribution in [2.24, 2.45) is 0 Å². The molecule has 0 saturated carbocycles. The highest BCUT2D eigenvalue weighted by molar-refractivity contribution is 14.1. The van der Waals surface area contributed by atoms with Gasteiger partial charge in [0.25, 0.3) is 0 Å². The zero-order valence-corrected chi connectivity index (χ0v) is 22.7. The summed E-state index contributed by atoms with van der Waals surface area (Å²) in [5.74, 6) is -0.476. The maximum atomic E-state index is 15.0. The first-order valence-electron chi connectivity index (χ1n) is 10.4. The Morgan fingerprint density at radius 3 is 2.85 bits per heavy atom. The standard InChI is InChI=1S/C22H21BrClFIN5O2/c1-22(2,3)33-21(32)30-7-5-12(8-11(30)4-6-27)31-10-28-18-19(31)13-9-14(26)15(23)16(25)17(13)29-20(18)24/h9-12H,4-5,7-8H2,1-3H3/t11-,12+/m1/s1. The van der Waals surface area contributed by atoms with E-state index in [1.807, 2.05) is 31.4 Å². The van der Waals surface area contributed by atoms with Gasteiger partial charge in [-0.1, -0.05) is 11.6 Å². The van der Waals surface area contributed by atoms with Crippen LogP contribution in [0.1, 0.15) is 46.1 Å². The Hall–Kier alpha value is -1.71. The topological polar surface area (TPSA) is 84.0 Å².